The Bertz CT molecular complexity index is 348. The first kappa shape index (κ1) is 17.1. The highest BCUT2D eigenvalue weighted by Gasteiger charge is 2.15. The molecule has 0 rings (SSSR count). The first-order chi connectivity index (χ1) is 8.10. The maximum absolute atomic E-state index is 11.2. The van der Waals surface area contributed by atoms with E-state index in [0.29, 0.717) is 19.5 Å². The first-order valence-electron chi connectivity index (χ1n) is 5.73. The van der Waals surface area contributed by atoms with Crippen LogP contribution in [0.2, 0.25) is 0 Å². The van der Waals surface area contributed by atoms with Crippen molar-refractivity contribution < 1.29 is 22.5 Å². The van der Waals surface area contributed by atoms with Crippen LogP contribution in [0.25, 0.3) is 0 Å². The van der Waals surface area contributed by atoms with Crippen molar-refractivity contribution in [2.75, 3.05) is 25.4 Å². The molecule has 0 saturated heterocycles. The van der Waals surface area contributed by atoms with Crippen molar-refractivity contribution in [3.63, 3.8) is 0 Å². The van der Waals surface area contributed by atoms with Crippen molar-refractivity contribution in [3.8, 4) is 0 Å². The van der Waals surface area contributed by atoms with Crippen LogP contribution >= 0.6 is 0 Å². The van der Waals surface area contributed by atoms with Gasteiger partial charge in [0.2, 0.25) is 0 Å². The van der Waals surface area contributed by atoms with Crippen LogP contribution in [0.1, 0.15) is 27.2 Å². The molecule has 0 spiro atoms. The lowest BCUT2D eigenvalue weighted by Crippen LogP contribution is -2.34. The molecule has 18 heavy (non-hydrogen) atoms. The topological polar surface area (TPSA) is 105 Å². The Morgan fingerprint density at radius 3 is 2.33 bits per heavy atom. The third-order valence-electron chi connectivity index (χ3n) is 1.74. The van der Waals surface area contributed by atoms with Gasteiger partial charge in [0.25, 0.3) is 10.1 Å². The molecule has 0 aliphatic rings. The lowest BCUT2D eigenvalue weighted by molar-refractivity contribution is 0.0527. The largest absolute Gasteiger partial charge is 0.444 e. The van der Waals surface area contributed by atoms with Gasteiger partial charge in [-0.1, -0.05) is 0 Å². The molecule has 0 saturated carbocycles. The zero-order chi connectivity index (χ0) is 14.2. The molecular formula is C10H22N2O5S. The zero-order valence-electron chi connectivity index (χ0n) is 11.0. The highest BCUT2D eigenvalue weighted by atomic mass is 32.2. The lowest BCUT2D eigenvalue weighted by Gasteiger charge is -2.19. The zero-order valence-corrected chi connectivity index (χ0v) is 11.8. The quantitative estimate of drug-likeness (QED) is 0.460. The Labute approximate surface area is 108 Å². The van der Waals surface area contributed by atoms with Gasteiger partial charge < -0.3 is 15.4 Å². The summed E-state index contributed by atoms with van der Waals surface area (Å²) in [4.78, 5) is 11.2. The summed E-state index contributed by atoms with van der Waals surface area (Å²) in [7, 11) is -3.90. The van der Waals surface area contributed by atoms with Crippen LogP contribution in [0.15, 0.2) is 0 Å². The van der Waals surface area contributed by atoms with Crippen LogP contribution in [-0.4, -0.2) is 50.1 Å². The minimum atomic E-state index is -3.90. The fourth-order valence-corrected chi connectivity index (χ4v) is 1.45. The van der Waals surface area contributed by atoms with Crippen LogP contribution < -0.4 is 10.6 Å². The predicted molar refractivity (Wildman–Crippen MR) is 68.1 cm³/mol. The fourth-order valence-electron chi connectivity index (χ4n) is 1.04. The predicted octanol–water partition coefficient (Wildman–Crippen LogP) is 0.379. The van der Waals surface area contributed by atoms with E-state index in [0.717, 1.165) is 0 Å². The lowest BCUT2D eigenvalue weighted by atomic mass is 10.2. The smallest absolute Gasteiger partial charge is 0.407 e. The average molecular weight is 282 g/mol. The van der Waals surface area contributed by atoms with Gasteiger partial charge in [-0.25, -0.2) is 4.79 Å². The second-order valence-electron chi connectivity index (χ2n) is 4.82. The Balaban J connectivity index is 3.44. The standard InChI is InChI=1S/C10H22N2O5S/c1-10(2,3)17-9(13)12-6-4-5-11-7-8-18(14,15)16/h11H,4-8H2,1-3H3,(H,12,13)(H,14,15,16). The van der Waals surface area contributed by atoms with Crippen LogP contribution in [0.5, 0.6) is 0 Å². The van der Waals surface area contributed by atoms with Gasteiger partial charge in [-0.3, -0.25) is 4.55 Å². The van der Waals surface area contributed by atoms with Crippen LogP contribution in [0, 0.1) is 0 Å². The van der Waals surface area contributed by atoms with Crippen molar-refractivity contribution in [2.24, 2.45) is 0 Å². The van der Waals surface area contributed by atoms with Gasteiger partial charge in [0.1, 0.15) is 5.60 Å². The minimum absolute atomic E-state index is 0.186. The van der Waals surface area contributed by atoms with E-state index >= 15 is 0 Å². The van der Waals surface area contributed by atoms with E-state index in [4.69, 9.17) is 9.29 Å². The number of hydrogen-bond acceptors (Lipinski definition) is 5. The molecule has 0 unspecified atom stereocenters. The fraction of sp³-hybridized carbons (Fsp3) is 0.900. The molecule has 0 aliphatic heterocycles. The number of rotatable bonds is 7. The number of ether oxygens (including phenoxy) is 1. The van der Waals surface area contributed by atoms with Crippen molar-refractivity contribution in [1.82, 2.24) is 10.6 Å². The number of carbonyl (C=O) groups is 1. The number of alkyl carbamates (subject to hydrolysis) is 1. The number of hydrogen-bond donors (Lipinski definition) is 3. The molecule has 0 heterocycles. The number of amides is 1. The van der Waals surface area contributed by atoms with E-state index < -0.39 is 21.8 Å². The Morgan fingerprint density at radius 1 is 1.22 bits per heavy atom. The molecule has 108 valence electrons. The molecule has 3 N–H and O–H groups in total. The maximum atomic E-state index is 11.2. The van der Waals surface area contributed by atoms with E-state index in [2.05, 4.69) is 10.6 Å². The third-order valence-corrected chi connectivity index (χ3v) is 2.46. The Hall–Kier alpha value is -0.860. The summed E-state index contributed by atoms with van der Waals surface area (Å²) in [5, 5.41) is 5.41. The van der Waals surface area contributed by atoms with E-state index in [1.807, 2.05) is 0 Å². The van der Waals surface area contributed by atoms with E-state index in [9.17, 15) is 13.2 Å². The van der Waals surface area contributed by atoms with Gasteiger partial charge in [0.05, 0.1) is 5.75 Å². The summed E-state index contributed by atoms with van der Waals surface area (Å²) in [5.74, 6) is -0.313. The summed E-state index contributed by atoms with van der Waals surface area (Å²) in [6.45, 7) is 6.51. The van der Waals surface area contributed by atoms with Crippen molar-refractivity contribution in [3.05, 3.63) is 0 Å². The summed E-state index contributed by atoms with van der Waals surface area (Å²) < 4.78 is 34.3. The summed E-state index contributed by atoms with van der Waals surface area (Å²) in [6, 6.07) is 0. The average Bonchev–Trinajstić information content (AvgIpc) is 2.11. The second kappa shape index (κ2) is 7.55. The molecule has 0 aromatic rings. The molecule has 0 fully saturated rings. The molecule has 8 heteroatoms. The van der Waals surface area contributed by atoms with Gasteiger partial charge in [0.15, 0.2) is 0 Å². The van der Waals surface area contributed by atoms with Gasteiger partial charge in [-0.05, 0) is 33.7 Å². The van der Waals surface area contributed by atoms with Gasteiger partial charge >= 0.3 is 6.09 Å². The minimum Gasteiger partial charge on any atom is -0.444 e. The van der Waals surface area contributed by atoms with Crippen LogP contribution in [-0.2, 0) is 14.9 Å². The second-order valence-corrected chi connectivity index (χ2v) is 6.39. The first-order valence-corrected chi connectivity index (χ1v) is 7.34. The summed E-state index contributed by atoms with van der Waals surface area (Å²) in [5.41, 5.74) is -0.516. The molecule has 0 atom stereocenters. The van der Waals surface area contributed by atoms with Crippen molar-refractivity contribution in [2.45, 2.75) is 32.8 Å². The van der Waals surface area contributed by atoms with Gasteiger partial charge in [-0.2, -0.15) is 8.42 Å². The highest BCUT2D eigenvalue weighted by molar-refractivity contribution is 7.85. The normalized spacial score (nSPS) is 12.2. The third kappa shape index (κ3) is 13.2. The van der Waals surface area contributed by atoms with Crippen LogP contribution in [0.3, 0.4) is 0 Å². The summed E-state index contributed by atoms with van der Waals surface area (Å²) in [6.07, 6.45) is 0.172. The molecular weight excluding hydrogens is 260 g/mol. The molecule has 0 aromatic carbocycles. The Morgan fingerprint density at radius 2 is 1.83 bits per heavy atom. The van der Waals surface area contributed by atoms with Gasteiger partial charge in [0, 0.05) is 13.1 Å². The van der Waals surface area contributed by atoms with E-state index in [1.54, 1.807) is 20.8 Å². The highest BCUT2D eigenvalue weighted by Crippen LogP contribution is 2.06. The monoisotopic (exact) mass is 282 g/mol. The van der Waals surface area contributed by atoms with Gasteiger partial charge in [-0.15, -0.1) is 0 Å². The molecule has 1 amide bonds. The molecule has 7 nitrogen and oxygen atoms in total. The van der Waals surface area contributed by atoms with E-state index in [-0.39, 0.29) is 12.3 Å². The number of nitrogens with one attached hydrogen (secondary N) is 2. The maximum Gasteiger partial charge on any atom is 0.407 e. The summed E-state index contributed by atoms with van der Waals surface area (Å²) >= 11 is 0. The SMILES string of the molecule is CC(C)(C)OC(=O)NCCCNCCS(=O)(=O)O. The molecule has 0 bridgehead atoms. The Kier molecular flexibility index (Phi) is 7.19. The molecule has 0 radical (unpaired) electrons. The van der Waals surface area contributed by atoms with Crippen molar-refractivity contribution >= 4 is 16.2 Å². The van der Waals surface area contributed by atoms with Crippen LogP contribution in [0.4, 0.5) is 4.79 Å². The molecule has 0 aromatic heterocycles. The van der Waals surface area contributed by atoms with E-state index in [1.165, 1.54) is 0 Å². The number of carbonyl (C=O) groups excluding carboxylic acids is 1. The van der Waals surface area contributed by atoms with Crippen molar-refractivity contribution in [1.29, 1.82) is 0 Å². The molecule has 0 aliphatic carbocycles.